The molecule has 0 saturated heterocycles. The van der Waals surface area contributed by atoms with Crippen molar-refractivity contribution in [3.05, 3.63) is 59.2 Å². The highest BCUT2D eigenvalue weighted by Gasteiger charge is 2.09. The quantitative estimate of drug-likeness (QED) is 0.561. The first-order chi connectivity index (χ1) is 12.4. The van der Waals surface area contributed by atoms with Crippen molar-refractivity contribution in [2.45, 2.75) is 6.42 Å². The Kier molecular flexibility index (Phi) is 6.05. The summed E-state index contributed by atoms with van der Waals surface area (Å²) in [5, 5.41) is 29.5. The lowest BCUT2D eigenvalue weighted by molar-refractivity contribution is -0.136. The number of aromatic carboxylic acids is 1. The molecule has 1 amide bonds. The predicted molar refractivity (Wildman–Crippen MR) is 93.3 cm³/mol. The maximum atomic E-state index is 11.8. The van der Waals surface area contributed by atoms with Crippen molar-refractivity contribution in [3.8, 4) is 5.75 Å². The van der Waals surface area contributed by atoms with E-state index in [-0.39, 0.29) is 30.2 Å². The van der Waals surface area contributed by atoms with E-state index in [1.165, 1.54) is 24.4 Å². The summed E-state index contributed by atoms with van der Waals surface area (Å²) in [5.74, 6) is -2.95. The van der Waals surface area contributed by atoms with Crippen LogP contribution in [-0.2, 0) is 4.79 Å². The molecule has 0 heterocycles. The van der Waals surface area contributed by atoms with Crippen LogP contribution in [0.15, 0.2) is 47.5 Å². The number of carboxylic acids is 2. The summed E-state index contributed by atoms with van der Waals surface area (Å²) in [6, 6.07) is 10.4. The number of nitrogens with zero attached hydrogens (tertiary/aromatic N) is 1. The molecule has 4 N–H and O–H groups in total. The molecular weight excluding hydrogens is 340 g/mol. The second-order valence-electron chi connectivity index (χ2n) is 5.29. The molecule has 0 aliphatic heterocycles. The van der Waals surface area contributed by atoms with Crippen molar-refractivity contribution in [2.24, 2.45) is 4.99 Å². The Morgan fingerprint density at radius 1 is 1.04 bits per heavy atom. The van der Waals surface area contributed by atoms with Gasteiger partial charge in [-0.3, -0.25) is 14.6 Å². The minimum atomic E-state index is -1.25. The fourth-order valence-corrected chi connectivity index (χ4v) is 2.03. The van der Waals surface area contributed by atoms with Crippen molar-refractivity contribution in [3.63, 3.8) is 0 Å². The lowest BCUT2D eigenvalue weighted by Crippen LogP contribution is -2.25. The predicted octanol–water partition coefficient (Wildman–Crippen LogP) is 2.05. The van der Waals surface area contributed by atoms with Gasteiger partial charge < -0.3 is 20.6 Å². The fourth-order valence-electron chi connectivity index (χ4n) is 2.03. The van der Waals surface area contributed by atoms with Crippen LogP contribution in [-0.4, -0.2) is 45.9 Å². The molecular formula is C18H16N2O6. The highest BCUT2D eigenvalue weighted by molar-refractivity contribution is 5.95. The van der Waals surface area contributed by atoms with Gasteiger partial charge in [0.2, 0.25) is 0 Å². The van der Waals surface area contributed by atoms with E-state index >= 15 is 0 Å². The first-order valence-electron chi connectivity index (χ1n) is 7.57. The molecule has 8 nitrogen and oxygen atoms in total. The number of phenols is 1. The van der Waals surface area contributed by atoms with Gasteiger partial charge in [0.15, 0.2) is 0 Å². The first kappa shape index (κ1) is 18.7. The molecule has 2 aromatic carbocycles. The molecule has 0 aliphatic rings. The van der Waals surface area contributed by atoms with E-state index in [0.717, 1.165) is 0 Å². The van der Waals surface area contributed by atoms with Gasteiger partial charge in [-0.1, -0.05) is 12.1 Å². The Morgan fingerprint density at radius 2 is 1.73 bits per heavy atom. The number of hydrogen-bond acceptors (Lipinski definition) is 5. The molecule has 26 heavy (non-hydrogen) atoms. The molecule has 0 bridgehead atoms. The fraction of sp³-hybridized carbons (Fsp3) is 0.111. The van der Waals surface area contributed by atoms with Gasteiger partial charge in [-0.2, -0.15) is 0 Å². The highest BCUT2D eigenvalue weighted by atomic mass is 16.4. The van der Waals surface area contributed by atoms with Crippen molar-refractivity contribution in [1.29, 1.82) is 0 Å². The lowest BCUT2D eigenvalue weighted by Gasteiger charge is -2.04. The summed E-state index contributed by atoms with van der Waals surface area (Å²) in [6.45, 7) is 0.0458. The molecule has 0 aliphatic carbocycles. The number of hydrogen-bond donors (Lipinski definition) is 4. The molecule has 0 spiro atoms. The minimum absolute atomic E-state index is 0.0458. The van der Waals surface area contributed by atoms with Crippen LogP contribution in [0, 0.1) is 0 Å². The van der Waals surface area contributed by atoms with Gasteiger partial charge in [0.25, 0.3) is 5.91 Å². The van der Waals surface area contributed by atoms with Gasteiger partial charge >= 0.3 is 11.9 Å². The highest BCUT2D eigenvalue weighted by Crippen LogP contribution is 2.23. The van der Waals surface area contributed by atoms with Crippen molar-refractivity contribution >= 4 is 29.7 Å². The number of rotatable bonds is 7. The molecule has 0 fully saturated rings. The average molecular weight is 356 g/mol. The van der Waals surface area contributed by atoms with Crippen LogP contribution in [0.5, 0.6) is 5.75 Å². The molecule has 8 heteroatoms. The zero-order chi connectivity index (χ0) is 19.1. The minimum Gasteiger partial charge on any atom is -0.507 e. The number of nitrogens with one attached hydrogen (secondary N) is 1. The van der Waals surface area contributed by atoms with Crippen molar-refractivity contribution < 1.29 is 29.7 Å². The molecule has 0 unspecified atom stereocenters. The Hall–Kier alpha value is -3.68. The van der Waals surface area contributed by atoms with E-state index in [4.69, 9.17) is 10.2 Å². The number of carbonyl (C=O) groups excluding carboxylic acids is 1. The number of carbonyl (C=O) groups is 3. The maximum Gasteiger partial charge on any atom is 0.339 e. The normalized spacial score (nSPS) is 10.6. The van der Waals surface area contributed by atoms with E-state index < -0.39 is 11.9 Å². The summed E-state index contributed by atoms with van der Waals surface area (Å²) in [7, 11) is 0. The number of aliphatic carboxylic acids is 1. The zero-order valence-electron chi connectivity index (χ0n) is 13.5. The Morgan fingerprint density at radius 3 is 2.35 bits per heavy atom. The van der Waals surface area contributed by atoms with Crippen LogP contribution < -0.4 is 5.32 Å². The summed E-state index contributed by atoms with van der Waals surface area (Å²) in [4.78, 5) is 37.4. The van der Waals surface area contributed by atoms with Gasteiger partial charge in [-0.15, -0.1) is 0 Å². The van der Waals surface area contributed by atoms with Crippen LogP contribution in [0.4, 0.5) is 5.69 Å². The van der Waals surface area contributed by atoms with Crippen molar-refractivity contribution in [1.82, 2.24) is 5.32 Å². The third-order valence-corrected chi connectivity index (χ3v) is 3.37. The van der Waals surface area contributed by atoms with Crippen LogP contribution in [0.3, 0.4) is 0 Å². The summed E-state index contributed by atoms with van der Waals surface area (Å²) in [6.07, 6.45) is 1.34. The maximum absolute atomic E-state index is 11.8. The molecule has 2 rings (SSSR count). The first-order valence-corrected chi connectivity index (χ1v) is 7.57. The topological polar surface area (TPSA) is 136 Å². The molecule has 0 radical (unpaired) electrons. The van der Waals surface area contributed by atoms with E-state index in [0.29, 0.717) is 16.8 Å². The molecule has 0 aromatic heterocycles. The third-order valence-electron chi connectivity index (χ3n) is 3.37. The van der Waals surface area contributed by atoms with Gasteiger partial charge in [0, 0.05) is 18.3 Å². The smallest absolute Gasteiger partial charge is 0.339 e. The van der Waals surface area contributed by atoms with Crippen LogP contribution in [0.25, 0.3) is 0 Å². The van der Waals surface area contributed by atoms with Crippen LogP contribution >= 0.6 is 0 Å². The Balaban J connectivity index is 2.04. The molecule has 2 aromatic rings. The number of carboxylic acid groups (broad SMARTS) is 2. The number of benzene rings is 2. The van der Waals surface area contributed by atoms with Crippen LogP contribution in [0.2, 0.25) is 0 Å². The van der Waals surface area contributed by atoms with Gasteiger partial charge in [0.1, 0.15) is 11.3 Å². The molecule has 0 saturated carbocycles. The summed E-state index contributed by atoms with van der Waals surface area (Å²) < 4.78 is 0. The second kappa shape index (κ2) is 8.43. The largest absolute Gasteiger partial charge is 0.507 e. The standard InChI is InChI=1S/C18H16N2O6/c21-15-6-5-13(9-14(15)18(25)26)20-10-11-1-3-12(4-2-11)17(24)19-8-7-16(22)23/h1-6,9-10,21H,7-8H2,(H,19,24)(H,22,23)(H,25,26). The van der Waals surface area contributed by atoms with E-state index in [9.17, 15) is 19.5 Å². The third kappa shape index (κ3) is 5.17. The number of amides is 1. The monoisotopic (exact) mass is 356 g/mol. The van der Waals surface area contributed by atoms with Gasteiger partial charge in [-0.25, -0.2) is 4.79 Å². The van der Waals surface area contributed by atoms with E-state index in [1.54, 1.807) is 24.3 Å². The summed E-state index contributed by atoms with van der Waals surface area (Å²) in [5.41, 5.74) is 1.17. The Bertz CT molecular complexity index is 858. The second-order valence-corrected chi connectivity index (χ2v) is 5.29. The van der Waals surface area contributed by atoms with Crippen LogP contribution in [0.1, 0.15) is 32.7 Å². The summed E-state index contributed by atoms with van der Waals surface area (Å²) >= 11 is 0. The molecule has 134 valence electrons. The Labute approximate surface area is 148 Å². The SMILES string of the molecule is O=C(O)CCNC(=O)c1ccc(C=Nc2ccc(O)c(C(=O)O)c2)cc1. The van der Waals surface area contributed by atoms with E-state index in [1.807, 2.05) is 0 Å². The lowest BCUT2D eigenvalue weighted by atomic mass is 10.1. The van der Waals surface area contributed by atoms with E-state index in [2.05, 4.69) is 10.3 Å². The number of aliphatic imine (C=N–C) groups is 1. The number of aromatic hydroxyl groups is 1. The zero-order valence-corrected chi connectivity index (χ0v) is 13.5. The van der Waals surface area contributed by atoms with Gasteiger partial charge in [-0.05, 0) is 35.9 Å². The van der Waals surface area contributed by atoms with Gasteiger partial charge in [0.05, 0.1) is 12.1 Å². The molecule has 0 atom stereocenters. The van der Waals surface area contributed by atoms with Crippen molar-refractivity contribution in [2.75, 3.05) is 6.54 Å². The average Bonchev–Trinajstić information content (AvgIpc) is 2.60.